The van der Waals surface area contributed by atoms with Gasteiger partial charge in [-0.1, -0.05) is 65.8 Å². The minimum atomic E-state index is -4.19. The highest BCUT2D eigenvalue weighted by Crippen LogP contribution is 2.38. The van der Waals surface area contributed by atoms with Crippen LogP contribution in [0, 0.1) is 11.8 Å². The molecule has 0 radical (unpaired) electrons. The number of hydrogen-bond acceptors (Lipinski definition) is 7. The van der Waals surface area contributed by atoms with Gasteiger partial charge in [0.25, 0.3) is 15.9 Å². The zero-order chi connectivity index (χ0) is 32.6. The molecule has 2 aromatic carbocycles. The number of carbonyl (C=O) groups is 2. The molecule has 3 aromatic rings. The molecule has 1 amide bonds. The summed E-state index contributed by atoms with van der Waals surface area (Å²) in [5.41, 5.74) is 3.78. The molecule has 2 heterocycles. The second kappa shape index (κ2) is 12.8. The minimum Gasteiger partial charge on any atom is -0.481 e. The number of benzene rings is 2. The highest BCUT2D eigenvalue weighted by atomic mass is 32.2. The van der Waals surface area contributed by atoms with Crippen molar-refractivity contribution >= 4 is 27.8 Å². The van der Waals surface area contributed by atoms with Gasteiger partial charge in [0.05, 0.1) is 22.5 Å². The molecule has 1 aliphatic heterocycles. The summed E-state index contributed by atoms with van der Waals surface area (Å²) < 4.78 is 36.2. The Bertz CT molecular complexity index is 1670. The minimum absolute atomic E-state index is 0.0867. The van der Waals surface area contributed by atoms with Gasteiger partial charge in [0.1, 0.15) is 6.61 Å². The number of carboxylic acids is 1. The maximum absolute atomic E-state index is 14.1. The van der Waals surface area contributed by atoms with Crippen molar-refractivity contribution in [2.75, 3.05) is 11.3 Å². The maximum atomic E-state index is 14.1. The number of anilines is 1. The molecule has 1 aliphatic carbocycles. The van der Waals surface area contributed by atoms with Gasteiger partial charge in [-0.05, 0) is 66.3 Å². The van der Waals surface area contributed by atoms with Crippen LogP contribution >= 0.6 is 0 Å². The van der Waals surface area contributed by atoms with E-state index in [1.165, 1.54) is 18.2 Å². The molecule has 10 nitrogen and oxygen atoms in total. The van der Waals surface area contributed by atoms with Crippen LogP contribution in [-0.2, 0) is 14.8 Å². The van der Waals surface area contributed by atoms with Crippen LogP contribution in [0.4, 0.5) is 5.95 Å². The van der Waals surface area contributed by atoms with Crippen LogP contribution < -0.4 is 9.46 Å². The van der Waals surface area contributed by atoms with Crippen LogP contribution in [0.2, 0.25) is 0 Å². The number of amides is 1. The third-order valence-corrected chi connectivity index (χ3v) is 9.93. The maximum Gasteiger partial charge on any atom is 0.306 e. The topological polar surface area (TPSA) is 139 Å². The fraction of sp³-hybridized carbons (Fsp3) is 0.471. The van der Waals surface area contributed by atoms with Crippen LogP contribution in [-0.4, -0.2) is 59.0 Å². The van der Waals surface area contributed by atoms with Crippen molar-refractivity contribution in [2.45, 2.75) is 89.6 Å². The molecule has 1 aromatic heterocycles. The summed E-state index contributed by atoms with van der Waals surface area (Å²) in [5.74, 6) is -1.21. The highest BCUT2D eigenvalue weighted by molar-refractivity contribution is 7.92. The van der Waals surface area contributed by atoms with Gasteiger partial charge in [0.2, 0.25) is 11.8 Å². The third kappa shape index (κ3) is 6.83. The van der Waals surface area contributed by atoms with Crippen molar-refractivity contribution < 1.29 is 27.9 Å². The van der Waals surface area contributed by atoms with Gasteiger partial charge in [0.15, 0.2) is 0 Å². The summed E-state index contributed by atoms with van der Waals surface area (Å²) in [7, 11) is -4.19. The number of nitrogens with one attached hydrogen (secondary N) is 1. The Hall–Kier alpha value is -3.99. The van der Waals surface area contributed by atoms with E-state index in [0.717, 1.165) is 16.7 Å². The second-order valence-corrected chi connectivity index (χ2v) is 14.8. The molecule has 2 aliphatic rings. The number of nitrogens with zero attached hydrogens (tertiary/aromatic N) is 3. The van der Waals surface area contributed by atoms with Crippen LogP contribution in [0.5, 0.6) is 5.88 Å². The standard InChI is InChI=1S/C34H42N4O6S/c1-19(2)13-25-18-44-30-17-29(31-27(20(3)4)11-8-12-28(31)21(5)6)35-34(36-30)37-45(42,43)26-10-7-9-22(16-26)32(39)38(25)24-14-23(15-24)33(40)41/h7-12,16-17,19-21,23-25H,13-15,18H2,1-6H3,(H,40,41)(H,35,36,37)/t23?,24?,25-/m1/s1. The molecule has 45 heavy (non-hydrogen) atoms. The smallest absolute Gasteiger partial charge is 0.306 e. The van der Waals surface area contributed by atoms with E-state index < -0.39 is 28.0 Å². The summed E-state index contributed by atoms with van der Waals surface area (Å²) >= 11 is 0. The molecule has 0 saturated heterocycles. The van der Waals surface area contributed by atoms with Crippen LogP contribution in [0.25, 0.3) is 11.3 Å². The molecule has 5 rings (SSSR count). The molecule has 0 spiro atoms. The van der Waals surface area contributed by atoms with E-state index in [1.807, 2.05) is 6.07 Å². The Morgan fingerprint density at radius 1 is 1.00 bits per heavy atom. The zero-order valence-electron chi connectivity index (χ0n) is 26.6. The summed E-state index contributed by atoms with van der Waals surface area (Å²) in [6, 6.07) is 13.0. The average molecular weight is 635 g/mol. The third-order valence-electron chi connectivity index (χ3n) is 8.60. The number of hydrogen-bond donors (Lipinski definition) is 2. The molecule has 240 valence electrons. The Morgan fingerprint density at radius 2 is 1.64 bits per heavy atom. The largest absolute Gasteiger partial charge is 0.481 e. The molecule has 0 unspecified atom stereocenters. The first-order chi connectivity index (χ1) is 21.2. The van der Waals surface area contributed by atoms with Crippen molar-refractivity contribution in [3.8, 4) is 17.1 Å². The Balaban J connectivity index is 1.68. The van der Waals surface area contributed by atoms with E-state index in [2.05, 4.69) is 63.4 Å². The number of carboxylic acid groups (broad SMARTS) is 1. The Labute approximate surface area is 265 Å². The average Bonchev–Trinajstić information content (AvgIpc) is 2.95. The van der Waals surface area contributed by atoms with Crippen molar-refractivity contribution in [1.29, 1.82) is 0 Å². The van der Waals surface area contributed by atoms with Gasteiger partial charge in [-0.2, -0.15) is 4.98 Å². The van der Waals surface area contributed by atoms with E-state index >= 15 is 0 Å². The number of sulfonamides is 1. The number of aliphatic carboxylic acids is 1. The van der Waals surface area contributed by atoms with Gasteiger partial charge >= 0.3 is 5.97 Å². The number of rotatable bonds is 7. The van der Waals surface area contributed by atoms with E-state index in [0.29, 0.717) is 25.0 Å². The second-order valence-electron chi connectivity index (χ2n) is 13.1. The summed E-state index contributed by atoms with van der Waals surface area (Å²) in [4.78, 5) is 36.6. The number of carbonyl (C=O) groups excluding carboxylic acids is 1. The number of aromatic nitrogens is 2. The molecular weight excluding hydrogens is 592 g/mol. The normalized spacial score (nSPS) is 21.3. The van der Waals surface area contributed by atoms with Crippen LogP contribution in [0.15, 0.2) is 53.4 Å². The van der Waals surface area contributed by atoms with Gasteiger partial charge in [-0.15, -0.1) is 0 Å². The van der Waals surface area contributed by atoms with E-state index in [9.17, 15) is 23.1 Å². The van der Waals surface area contributed by atoms with Gasteiger partial charge in [-0.3, -0.25) is 9.59 Å². The number of ether oxygens (including phenoxy) is 1. The molecule has 4 bridgehead atoms. The van der Waals surface area contributed by atoms with Gasteiger partial charge in [0, 0.05) is 23.2 Å². The SMILES string of the molecule is CC(C)C[C@@H]1COc2cc(-c3c(C(C)C)cccc3C(C)C)nc(n2)NS(=O)(=O)c2cccc(c2)C(=O)N1C1CC(C(=O)O)C1. The predicted molar refractivity (Wildman–Crippen MR) is 172 cm³/mol. The summed E-state index contributed by atoms with van der Waals surface area (Å²) in [6.07, 6.45) is 1.23. The van der Waals surface area contributed by atoms with Crippen molar-refractivity contribution in [1.82, 2.24) is 14.9 Å². The molecule has 11 heteroatoms. The lowest BCUT2D eigenvalue weighted by molar-refractivity contribution is -0.147. The monoisotopic (exact) mass is 634 g/mol. The highest BCUT2D eigenvalue weighted by Gasteiger charge is 2.43. The summed E-state index contributed by atoms with van der Waals surface area (Å²) in [5, 5.41) is 9.57. The molecule has 1 saturated carbocycles. The Kier molecular flexibility index (Phi) is 9.21. The molecular formula is C34H42N4O6S. The van der Waals surface area contributed by atoms with Gasteiger partial charge < -0.3 is 14.7 Å². The first-order valence-corrected chi connectivity index (χ1v) is 17.1. The number of fused-ring (bicyclic) bond motifs is 4. The van der Waals surface area contributed by atoms with E-state index in [-0.39, 0.29) is 58.6 Å². The lowest BCUT2D eigenvalue weighted by atomic mass is 9.78. The van der Waals surface area contributed by atoms with Gasteiger partial charge in [-0.25, -0.2) is 18.1 Å². The molecule has 2 N–H and O–H groups in total. The summed E-state index contributed by atoms with van der Waals surface area (Å²) in [6.45, 7) is 12.6. The fourth-order valence-corrected chi connectivity index (χ4v) is 7.27. The lowest BCUT2D eigenvalue weighted by Crippen LogP contribution is -2.56. The Morgan fingerprint density at radius 3 is 2.24 bits per heavy atom. The van der Waals surface area contributed by atoms with Crippen LogP contribution in [0.3, 0.4) is 0 Å². The van der Waals surface area contributed by atoms with Crippen LogP contribution in [0.1, 0.15) is 94.1 Å². The lowest BCUT2D eigenvalue weighted by Gasteiger charge is -2.45. The fourth-order valence-electron chi connectivity index (χ4n) is 6.28. The zero-order valence-corrected chi connectivity index (χ0v) is 27.5. The van der Waals surface area contributed by atoms with Crippen molar-refractivity contribution in [3.63, 3.8) is 0 Å². The van der Waals surface area contributed by atoms with E-state index in [4.69, 9.17) is 9.72 Å². The van der Waals surface area contributed by atoms with Crippen molar-refractivity contribution in [3.05, 3.63) is 65.2 Å². The molecule has 1 atom stereocenters. The quantitative estimate of drug-likeness (QED) is 0.309. The first-order valence-electron chi connectivity index (χ1n) is 15.6. The first kappa shape index (κ1) is 32.4. The van der Waals surface area contributed by atoms with Crippen molar-refractivity contribution in [2.24, 2.45) is 11.8 Å². The molecule has 1 fully saturated rings. The van der Waals surface area contributed by atoms with E-state index in [1.54, 1.807) is 17.0 Å². The predicted octanol–water partition coefficient (Wildman–Crippen LogP) is 6.30.